The normalized spacial score (nSPS) is 14.9. The molecule has 31 heavy (non-hydrogen) atoms. The number of aromatic nitrogens is 2. The first-order valence-corrected chi connectivity index (χ1v) is 9.65. The number of benzene rings is 2. The summed E-state index contributed by atoms with van der Waals surface area (Å²) < 4.78 is 6.71. The molecule has 0 fully saturated rings. The third-order valence-electron chi connectivity index (χ3n) is 4.88. The van der Waals surface area contributed by atoms with Gasteiger partial charge in [0.25, 0.3) is 0 Å². The second kappa shape index (κ2) is 8.31. The summed E-state index contributed by atoms with van der Waals surface area (Å²) in [4.78, 5) is 36.6. The Bertz CT molecular complexity index is 1150. The highest BCUT2D eigenvalue weighted by Gasteiger charge is 2.33. The van der Waals surface area contributed by atoms with Gasteiger partial charge in [-0.25, -0.2) is 4.68 Å². The molecule has 3 N–H and O–H groups in total. The van der Waals surface area contributed by atoms with Crippen LogP contribution >= 0.6 is 0 Å². The summed E-state index contributed by atoms with van der Waals surface area (Å²) in [6.45, 7) is 1.41. The average molecular weight is 419 g/mol. The van der Waals surface area contributed by atoms with Gasteiger partial charge in [0.05, 0.1) is 19.7 Å². The van der Waals surface area contributed by atoms with E-state index in [0.29, 0.717) is 28.5 Å². The second-order valence-corrected chi connectivity index (χ2v) is 7.10. The van der Waals surface area contributed by atoms with Crippen LogP contribution in [0.25, 0.3) is 11.1 Å². The Morgan fingerprint density at radius 2 is 1.84 bits per heavy atom. The number of nitrogens with one attached hydrogen (secondary N) is 3. The van der Waals surface area contributed by atoms with Crippen LogP contribution in [0.5, 0.6) is 5.75 Å². The Balaban J connectivity index is 1.59. The van der Waals surface area contributed by atoms with Crippen LogP contribution in [0.4, 0.5) is 17.2 Å². The standard InChI is InChI=1S/C22H21N5O4/c1-13(28)24-15-4-3-5-16(10-15)25-22(30)19-11-20(29)26-21-18(12-23-27(19)21)14-6-8-17(31-2)9-7-14/h3-10,12,19H,11H2,1-2H3,(H,24,28)(H,25,30)(H,26,29). The van der Waals surface area contributed by atoms with E-state index in [4.69, 9.17) is 4.74 Å². The van der Waals surface area contributed by atoms with Crippen molar-refractivity contribution in [3.8, 4) is 16.9 Å². The number of methoxy groups -OCH3 is 1. The molecule has 1 aliphatic rings. The van der Waals surface area contributed by atoms with E-state index in [1.165, 1.54) is 11.6 Å². The second-order valence-electron chi connectivity index (χ2n) is 7.10. The van der Waals surface area contributed by atoms with E-state index >= 15 is 0 Å². The smallest absolute Gasteiger partial charge is 0.249 e. The summed E-state index contributed by atoms with van der Waals surface area (Å²) >= 11 is 0. The molecule has 9 nitrogen and oxygen atoms in total. The average Bonchev–Trinajstić information content (AvgIpc) is 3.16. The molecule has 1 atom stereocenters. The third kappa shape index (κ3) is 4.25. The molecule has 158 valence electrons. The number of amides is 3. The number of carbonyl (C=O) groups excluding carboxylic acids is 3. The van der Waals surface area contributed by atoms with E-state index in [1.54, 1.807) is 37.6 Å². The lowest BCUT2D eigenvalue weighted by molar-refractivity contribution is -0.125. The van der Waals surface area contributed by atoms with Crippen LogP contribution in [0, 0.1) is 0 Å². The Morgan fingerprint density at radius 1 is 1.13 bits per heavy atom. The zero-order chi connectivity index (χ0) is 22.0. The van der Waals surface area contributed by atoms with Gasteiger partial charge in [0, 0.05) is 23.9 Å². The van der Waals surface area contributed by atoms with Gasteiger partial charge in [-0.1, -0.05) is 18.2 Å². The fraction of sp³-hybridized carbons (Fsp3) is 0.182. The molecular formula is C22H21N5O4. The van der Waals surface area contributed by atoms with Crippen molar-refractivity contribution >= 4 is 34.9 Å². The highest BCUT2D eigenvalue weighted by atomic mass is 16.5. The first-order valence-electron chi connectivity index (χ1n) is 9.65. The monoisotopic (exact) mass is 419 g/mol. The lowest BCUT2D eigenvalue weighted by Gasteiger charge is -2.24. The van der Waals surface area contributed by atoms with Gasteiger partial charge < -0.3 is 20.7 Å². The summed E-state index contributed by atoms with van der Waals surface area (Å²) in [5.41, 5.74) is 2.62. The van der Waals surface area contributed by atoms with Gasteiger partial charge in [0.1, 0.15) is 17.6 Å². The number of carbonyl (C=O) groups is 3. The lowest BCUT2D eigenvalue weighted by atomic mass is 10.1. The van der Waals surface area contributed by atoms with E-state index in [1.807, 2.05) is 24.3 Å². The van der Waals surface area contributed by atoms with E-state index in [2.05, 4.69) is 21.0 Å². The van der Waals surface area contributed by atoms with E-state index in [-0.39, 0.29) is 24.1 Å². The molecule has 0 spiro atoms. The molecule has 2 heterocycles. The van der Waals surface area contributed by atoms with Crippen LogP contribution in [-0.2, 0) is 14.4 Å². The largest absolute Gasteiger partial charge is 0.497 e. The first-order chi connectivity index (χ1) is 14.9. The van der Waals surface area contributed by atoms with Gasteiger partial charge >= 0.3 is 0 Å². The van der Waals surface area contributed by atoms with Gasteiger partial charge in [0.2, 0.25) is 17.7 Å². The van der Waals surface area contributed by atoms with Gasteiger partial charge in [0.15, 0.2) is 0 Å². The van der Waals surface area contributed by atoms with Crippen LogP contribution in [0.2, 0.25) is 0 Å². The van der Waals surface area contributed by atoms with Crippen molar-refractivity contribution in [1.82, 2.24) is 9.78 Å². The molecule has 1 aliphatic heterocycles. The van der Waals surface area contributed by atoms with Crippen molar-refractivity contribution in [2.45, 2.75) is 19.4 Å². The van der Waals surface area contributed by atoms with Gasteiger partial charge in [-0.2, -0.15) is 5.10 Å². The predicted molar refractivity (Wildman–Crippen MR) is 116 cm³/mol. The van der Waals surface area contributed by atoms with Crippen LogP contribution < -0.4 is 20.7 Å². The highest BCUT2D eigenvalue weighted by Crippen LogP contribution is 2.35. The van der Waals surface area contributed by atoms with Crippen molar-refractivity contribution in [1.29, 1.82) is 0 Å². The minimum Gasteiger partial charge on any atom is -0.497 e. The minimum atomic E-state index is -0.805. The minimum absolute atomic E-state index is 0.0338. The van der Waals surface area contributed by atoms with Gasteiger partial charge in [-0.3, -0.25) is 14.4 Å². The molecule has 9 heteroatoms. The van der Waals surface area contributed by atoms with Gasteiger partial charge in [-0.05, 0) is 35.9 Å². The Labute approximate surface area is 178 Å². The number of hydrogen-bond acceptors (Lipinski definition) is 5. The topological polar surface area (TPSA) is 114 Å². The zero-order valence-electron chi connectivity index (χ0n) is 17.0. The van der Waals surface area contributed by atoms with Crippen molar-refractivity contribution in [3.63, 3.8) is 0 Å². The maximum Gasteiger partial charge on any atom is 0.249 e. The molecule has 0 radical (unpaired) electrons. The number of anilines is 3. The van der Waals surface area contributed by atoms with E-state index in [9.17, 15) is 14.4 Å². The summed E-state index contributed by atoms with van der Waals surface area (Å²) in [5, 5.41) is 12.7. The zero-order valence-corrected chi connectivity index (χ0v) is 17.0. The summed E-state index contributed by atoms with van der Waals surface area (Å²) in [7, 11) is 1.59. The first kappa shape index (κ1) is 20.1. The lowest BCUT2D eigenvalue weighted by Crippen LogP contribution is -2.35. The molecule has 0 bridgehead atoms. The molecule has 0 saturated carbocycles. The fourth-order valence-corrected chi connectivity index (χ4v) is 3.46. The van der Waals surface area contributed by atoms with Gasteiger partial charge in [-0.15, -0.1) is 0 Å². The number of hydrogen-bond donors (Lipinski definition) is 3. The SMILES string of the molecule is COc1ccc(-c2cnn3c2NC(=O)CC3C(=O)Nc2cccc(NC(C)=O)c2)cc1. The molecule has 1 unspecified atom stereocenters. The van der Waals surface area contributed by atoms with Crippen molar-refractivity contribution in [2.75, 3.05) is 23.1 Å². The predicted octanol–water partition coefficient (Wildman–Crippen LogP) is 3.04. The molecule has 0 saturated heterocycles. The molecule has 2 aromatic carbocycles. The maximum atomic E-state index is 13.0. The molecule has 1 aromatic heterocycles. The van der Waals surface area contributed by atoms with Crippen LogP contribution in [-0.4, -0.2) is 34.6 Å². The van der Waals surface area contributed by atoms with Crippen LogP contribution in [0.1, 0.15) is 19.4 Å². The van der Waals surface area contributed by atoms with Crippen molar-refractivity contribution in [2.24, 2.45) is 0 Å². The number of ether oxygens (including phenoxy) is 1. The van der Waals surface area contributed by atoms with Crippen molar-refractivity contribution < 1.29 is 19.1 Å². The van der Waals surface area contributed by atoms with Crippen molar-refractivity contribution in [3.05, 3.63) is 54.7 Å². The number of rotatable bonds is 5. The molecule has 4 rings (SSSR count). The summed E-state index contributed by atoms with van der Waals surface area (Å²) in [5.74, 6) is 0.330. The Kier molecular flexibility index (Phi) is 5.40. The molecule has 3 aromatic rings. The summed E-state index contributed by atoms with van der Waals surface area (Å²) in [6.07, 6.45) is 1.59. The van der Waals surface area contributed by atoms with E-state index < -0.39 is 6.04 Å². The highest BCUT2D eigenvalue weighted by molar-refractivity contribution is 6.03. The number of nitrogens with zero attached hydrogens (tertiary/aromatic N) is 2. The molecular weight excluding hydrogens is 398 g/mol. The quantitative estimate of drug-likeness (QED) is 0.588. The Hall–Kier alpha value is -4.14. The van der Waals surface area contributed by atoms with Crippen LogP contribution in [0.15, 0.2) is 54.7 Å². The summed E-state index contributed by atoms with van der Waals surface area (Å²) in [6, 6.07) is 13.3. The van der Waals surface area contributed by atoms with Crippen LogP contribution in [0.3, 0.4) is 0 Å². The molecule has 3 amide bonds. The fourth-order valence-electron chi connectivity index (χ4n) is 3.46. The maximum absolute atomic E-state index is 13.0. The Morgan fingerprint density at radius 3 is 2.52 bits per heavy atom. The number of fused-ring (bicyclic) bond motifs is 1. The van der Waals surface area contributed by atoms with E-state index in [0.717, 1.165) is 5.56 Å². The molecule has 0 aliphatic carbocycles. The third-order valence-corrected chi connectivity index (χ3v) is 4.88.